The van der Waals surface area contributed by atoms with Gasteiger partial charge in [-0.15, -0.1) is 0 Å². The van der Waals surface area contributed by atoms with E-state index in [1.165, 1.54) is 5.56 Å². The fourth-order valence-corrected chi connectivity index (χ4v) is 1.93. The van der Waals surface area contributed by atoms with Gasteiger partial charge in [0.05, 0.1) is 0 Å². The minimum absolute atomic E-state index is 0.256. The second-order valence-electron chi connectivity index (χ2n) is 3.81. The molecule has 1 unspecified atom stereocenters. The molecule has 0 bridgehead atoms. The summed E-state index contributed by atoms with van der Waals surface area (Å²) in [6, 6.07) is 6.18. The van der Waals surface area contributed by atoms with Gasteiger partial charge in [0.1, 0.15) is 0 Å². The third-order valence-corrected chi connectivity index (χ3v) is 2.65. The monoisotopic (exact) mass is 195 g/mol. The van der Waals surface area contributed by atoms with Crippen molar-refractivity contribution in [1.29, 1.82) is 0 Å². The van der Waals surface area contributed by atoms with Crippen molar-refractivity contribution in [2.45, 2.75) is 32.6 Å². The first-order valence-electron chi connectivity index (χ1n) is 4.65. The SMILES string of the molecule is [CH2]C(C)c1cccc(C(C)C)c1Cl. The molecule has 0 nitrogen and oxygen atoms in total. The van der Waals surface area contributed by atoms with Gasteiger partial charge < -0.3 is 0 Å². The van der Waals surface area contributed by atoms with E-state index in [9.17, 15) is 0 Å². The Morgan fingerprint density at radius 3 is 2.15 bits per heavy atom. The van der Waals surface area contributed by atoms with Gasteiger partial charge in [-0.3, -0.25) is 0 Å². The van der Waals surface area contributed by atoms with Gasteiger partial charge >= 0.3 is 0 Å². The summed E-state index contributed by atoms with van der Waals surface area (Å²) < 4.78 is 0. The predicted octanol–water partition coefficient (Wildman–Crippen LogP) is 4.40. The first-order chi connectivity index (χ1) is 6.04. The normalized spacial score (nSPS) is 11.3. The smallest absolute Gasteiger partial charge is 0.0475 e. The molecule has 1 aromatic carbocycles. The molecule has 0 aromatic heterocycles. The highest BCUT2D eigenvalue weighted by Gasteiger charge is 2.10. The number of rotatable bonds is 2. The minimum Gasteiger partial charge on any atom is -0.0837 e. The standard InChI is InChI=1S/C12H16Cl/c1-8(2)10-6-5-7-11(9(3)4)12(10)13/h5-9H,1H2,2-4H3. The Kier molecular flexibility index (Phi) is 3.38. The van der Waals surface area contributed by atoms with E-state index in [1.54, 1.807) is 0 Å². The molecule has 0 saturated carbocycles. The van der Waals surface area contributed by atoms with Crippen LogP contribution < -0.4 is 0 Å². The van der Waals surface area contributed by atoms with Crippen molar-refractivity contribution >= 4 is 11.6 Å². The zero-order chi connectivity index (χ0) is 10.0. The van der Waals surface area contributed by atoms with E-state index in [4.69, 9.17) is 11.6 Å². The van der Waals surface area contributed by atoms with E-state index < -0.39 is 0 Å². The molecule has 0 saturated heterocycles. The Morgan fingerprint density at radius 2 is 1.69 bits per heavy atom. The lowest BCUT2D eigenvalue weighted by Crippen LogP contribution is -1.95. The van der Waals surface area contributed by atoms with Crippen LogP contribution in [0, 0.1) is 6.92 Å². The molecule has 1 aromatic rings. The molecule has 13 heavy (non-hydrogen) atoms. The second kappa shape index (κ2) is 4.15. The lowest BCUT2D eigenvalue weighted by atomic mass is 9.96. The molecule has 0 heterocycles. The van der Waals surface area contributed by atoms with Gasteiger partial charge in [0.15, 0.2) is 0 Å². The summed E-state index contributed by atoms with van der Waals surface area (Å²) in [4.78, 5) is 0. The van der Waals surface area contributed by atoms with Crippen LogP contribution in [0.3, 0.4) is 0 Å². The van der Waals surface area contributed by atoms with E-state index >= 15 is 0 Å². The van der Waals surface area contributed by atoms with E-state index in [1.807, 2.05) is 6.07 Å². The van der Waals surface area contributed by atoms with Gasteiger partial charge in [0.2, 0.25) is 0 Å². The predicted molar refractivity (Wildman–Crippen MR) is 59.3 cm³/mol. The van der Waals surface area contributed by atoms with Crippen LogP contribution in [0.1, 0.15) is 43.7 Å². The fourth-order valence-electron chi connectivity index (χ4n) is 1.39. The molecule has 0 N–H and O–H groups in total. The highest BCUT2D eigenvalue weighted by Crippen LogP contribution is 2.31. The van der Waals surface area contributed by atoms with Crippen LogP contribution in [-0.4, -0.2) is 0 Å². The highest BCUT2D eigenvalue weighted by molar-refractivity contribution is 6.32. The Labute approximate surface area is 85.9 Å². The number of benzene rings is 1. The molecule has 0 spiro atoms. The van der Waals surface area contributed by atoms with Crippen molar-refractivity contribution in [3.05, 3.63) is 41.3 Å². The van der Waals surface area contributed by atoms with Gasteiger partial charge in [-0.25, -0.2) is 0 Å². The molecule has 1 atom stereocenters. The van der Waals surface area contributed by atoms with Gasteiger partial charge in [-0.2, -0.15) is 0 Å². The third kappa shape index (κ3) is 2.25. The Balaban J connectivity index is 3.18. The molecule has 0 aliphatic heterocycles. The van der Waals surface area contributed by atoms with Gasteiger partial charge in [-0.05, 0) is 29.9 Å². The van der Waals surface area contributed by atoms with Crippen LogP contribution in [-0.2, 0) is 0 Å². The van der Waals surface area contributed by atoms with Crippen LogP contribution in [0.25, 0.3) is 0 Å². The van der Waals surface area contributed by atoms with Crippen LogP contribution in [0.2, 0.25) is 5.02 Å². The second-order valence-corrected chi connectivity index (χ2v) is 4.18. The summed E-state index contributed by atoms with van der Waals surface area (Å²) in [5.74, 6) is 0.734. The summed E-state index contributed by atoms with van der Waals surface area (Å²) in [5.41, 5.74) is 2.36. The highest BCUT2D eigenvalue weighted by atomic mass is 35.5. The summed E-state index contributed by atoms with van der Waals surface area (Å²) >= 11 is 6.26. The molecular formula is C12H16Cl. The molecule has 0 aliphatic rings. The van der Waals surface area contributed by atoms with E-state index in [-0.39, 0.29) is 5.92 Å². The van der Waals surface area contributed by atoms with Crippen molar-refractivity contribution in [2.24, 2.45) is 0 Å². The molecule has 1 radical (unpaired) electrons. The summed E-state index contributed by atoms with van der Waals surface area (Å²) in [5, 5.41) is 0.889. The lowest BCUT2D eigenvalue weighted by Gasteiger charge is -2.14. The lowest BCUT2D eigenvalue weighted by molar-refractivity contribution is 0.856. The summed E-state index contributed by atoms with van der Waals surface area (Å²) in [7, 11) is 0. The molecule has 0 aliphatic carbocycles. The van der Waals surface area contributed by atoms with Gasteiger partial charge in [0.25, 0.3) is 0 Å². The molecule has 1 rings (SSSR count). The maximum Gasteiger partial charge on any atom is 0.0475 e. The maximum absolute atomic E-state index is 6.26. The summed E-state index contributed by atoms with van der Waals surface area (Å²) in [6.07, 6.45) is 0. The largest absolute Gasteiger partial charge is 0.0837 e. The molecule has 0 fully saturated rings. The van der Waals surface area contributed by atoms with Crippen molar-refractivity contribution < 1.29 is 0 Å². The van der Waals surface area contributed by atoms with Crippen molar-refractivity contribution in [3.63, 3.8) is 0 Å². The van der Waals surface area contributed by atoms with Crippen LogP contribution in [0.15, 0.2) is 18.2 Å². The first-order valence-corrected chi connectivity index (χ1v) is 5.03. The van der Waals surface area contributed by atoms with E-state index in [0.29, 0.717) is 5.92 Å². The number of hydrogen-bond acceptors (Lipinski definition) is 0. The van der Waals surface area contributed by atoms with E-state index in [2.05, 4.69) is 39.8 Å². The Morgan fingerprint density at radius 1 is 1.15 bits per heavy atom. The van der Waals surface area contributed by atoms with Crippen LogP contribution in [0.4, 0.5) is 0 Å². The number of hydrogen-bond donors (Lipinski definition) is 0. The van der Waals surface area contributed by atoms with Crippen molar-refractivity contribution in [2.75, 3.05) is 0 Å². The Hall–Kier alpha value is -0.490. The van der Waals surface area contributed by atoms with Gasteiger partial charge in [0, 0.05) is 5.02 Å². The first kappa shape index (κ1) is 10.6. The zero-order valence-corrected chi connectivity index (χ0v) is 9.23. The van der Waals surface area contributed by atoms with Crippen molar-refractivity contribution in [3.8, 4) is 0 Å². The summed E-state index contributed by atoms with van der Waals surface area (Å²) in [6.45, 7) is 10.3. The maximum atomic E-state index is 6.26. The van der Waals surface area contributed by atoms with Gasteiger partial charge in [-0.1, -0.05) is 50.6 Å². The third-order valence-electron chi connectivity index (χ3n) is 2.21. The minimum atomic E-state index is 0.256. The molecule has 71 valence electrons. The van der Waals surface area contributed by atoms with Crippen molar-refractivity contribution in [1.82, 2.24) is 0 Å². The molecule has 0 amide bonds. The fraction of sp³-hybridized carbons (Fsp3) is 0.417. The molecular weight excluding hydrogens is 180 g/mol. The number of halogens is 1. The average molecular weight is 196 g/mol. The Bertz CT molecular complexity index is 261. The topological polar surface area (TPSA) is 0 Å². The van der Waals surface area contributed by atoms with E-state index in [0.717, 1.165) is 10.6 Å². The van der Waals surface area contributed by atoms with Crippen LogP contribution in [0.5, 0.6) is 0 Å². The van der Waals surface area contributed by atoms with Crippen LogP contribution >= 0.6 is 11.6 Å². The quantitative estimate of drug-likeness (QED) is 0.656. The molecule has 1 heteroatoms. The zero-order valence-electron chi connectivity index (χ0n) is 8.47. The average Bonchev–Trinajstić information content (AvgIpc) is 2.03.